The van der Waals surface area contributed by atoms with Crippen molar-refractivity contribution in [2.45, 2.75) is 0 Å². The van der Waals surface area contributed by atoms with Crippen LogP contribution in [0.15, 0.2) is 53.1 Å². The zero-order chi connectivity index (χ0) is 19.6. The summed E-state index contributed by atoms with van der Waals surface area (Å²) in [5.41, 5.74) is 5.31. The molecule has 0 radical (unpaired) electrons. The van der Waals surface area contributed by atoms with Gasteiger partial charge in [0.05, 0.1) is 5.57 Å². The molecule has 8 heteroatoms. The number of carbonyl (C=O) groups excluding carboxylic acids is 3. The Labute approximate surface area is 164 Å². The van der Waals surface area contributed by atoms with E-state index in [0.717, 1.165) is 4.47 Å². The quantitative estimate of drug-likeness (QED) is 0.395. The lowest BCUT2D eigenvalue weighted by Crippen LogP contribution is -2.36. The zero-order valence-electron chi connectivity index (χ0n) is 14.7. The van der Waals surface area contributed by atoms with E-state index in [1.54, 1.807) is 62.8 Å². The third-order valence-corrected chi connectivity index (χ3v) is 4.64. The van der Waals surface area contributed by atoms with Gasteiger partial charge in [-0.2, -0.15) is 0 Å². The van der Waals surface area contributed by atoms with Gasteiger partial charge < -0.3 is 5.32 Å². The van der Waals surface area contributed by atoms with Gasteiger partial charge in [-0.25, -0.2) is 5.43 Å². The molecule has 1 aliphatic rings. The first kappa shape index (κ1) is 18.8. The molecule has 3 rings (SSSR count). The topological polar surface area (TPSA) is 90.5 Å². The van der Waals surface area contributed by atoms with Crippen LogP contribution in [0.1, 0.15) is 26.3 Å². The third kappa shape index (κ3) is 3.91. The summed E-state index contributed by atoms with van der Waals surface area (Å²) in [7, 11) is 3.30. The Bertz CT molecular complexity index is 954. The molecular formula is C19H17BrN4O3. The largest absolute Gasteiger partial charge is 0.361 e. The molecule has 0 saturated heterocycles. The van der Waals surface area contributed by atoms with Gasteiger partial charge in [-0.1, -0.05) is 15.9 Å². The van der Waals surface area contributed by atoms with Crippen LogP contribution in [0, 0.1) is 0 Å². The average molecular weight is 429 g/mol. The van der Waals surface area contributed by atoms with E-state index >= 15 is 0 Å². The minimum atomic E-state index is -0.472. The number of nitrogens with zero attached hydrogens (tertiary/aromatic N) is 1. The van der Waals surface area contributed by atoms with Gasteiger partial charge >= 0.3 is 0 Å². The molecule has 7 nitrogen and oxygen atoms in total. The molecule has 0 spiro atoms. The first-order valence-electron chi connectivity index (χ1n) is 8.08. The van der Waals surface area contributed by atoms with Crippen LogP contribution < -0.4 is 16.1 Å². The Hall–Kier alpha value is -2.97. The molecule has 1 heterocycles. The number of rotatable bonds is 4. The number of hydrogen-bond acceptors (Lipinski definition) is 5. The lowest BCUT2D eigenvalue weighted by molar-refractivity contribution is -0.114. The Balaban J connectivity index is 1.85. The van der Waals surface area contributed by atoms with Crippen molar-refractivity contribution in [3.8, 4) is 0 Å². The van der Waals surface area contributed by atoms with Crippen LogP contribution in [0.25, 0.3) is 5.57 Å². The second kappa shape index (κ2) is 7.73. The maximum absolute atomic E-state index is 12.2. The van der Waals surface area contributed by atoms with Crippen LogP contribution >= 0.6 is 15.9 Å². The van der Waals surface area contributed by atoms with E-state index in [1.165, 1.54) is 5.01 Å². The van der Waals surface area contributed by atoms with Gasteiger partial charge in [0.15, 0.2) is 0 Å². The molecule has 0 saturated carbocycles. The highest BCUT2D eigenvalue weighted by Gasteiger charge is 2.27. The van der Waals surface area contributed by atoms with Crippen LogP contribution in [-0.2, 0) is 4.79 Å². The standard InChI is InChI=1S/C19H17BrN4O3/c1-21-24(2)19(27)11-3-6-13(7-4-11)22-10-16-15-9-12(20)5-8-14(15)17(25)23-18(16)26/h3-10,21-22H,1-2H3,(H,23,25,26)/b16-10-. The third-order valence-electron chi connectivity index (χ3n) is 4.14. The minimum Gasteiger partial charge on any atom is -0.361 e. The van der Waals surface area contributed by atoms with Crippen molar-refractivity contribution in [2.24, 2.45) is 0 Å². The number of carbonyl (C=O) groups is 3. The van der Waals surface area contributed by atoms with Gasteiger partial charge in [0.2, 0.25) is 0 Å². The first-order chi connectivity index (χ1) is 12.9. The van der Waals surface area contributed by atoms with E-state index in [-0.39, 0.29) is 5.91 Å². The number of hydrogen-bond donors (Lipinski definition) is 3. The van der Waals surface area contributed by atoms with Gasteiger partial charge in [0, 0.05) is 47.1 Å². The van der Waals surface area contributed by atoms with E-state index in [0.29, 0.717) is 28.0 Å². The van der Waals surface area contributed by atoms with Gasteiger partial charge in [0.25, 0.3) is 17.7 Å². The molecular weight excluding hydrogens is 412 g/mol. The number of benzene rings is 2. The second-order valence-electron chi connectivity index (χ2n) is 5.84. The van der Waals surface area contributed by atoms with Crippen LogP contribution in [0.4, 0.5) is 5.69 Å². The van der Waals surface area contributed by atoms with Crippen LogP contribution in [-0.4, -0.2) is 36.8 Å². The monoisotopic (exact) mass is 428 g/mol. The normalized spacial score (nSPS) is 14.6. The lowest BCUT2D eigenvalue weighted by Gasteiger charge is -2.18. The summed E-state index contributed by atoms with van der Waals surface area (Å²) in [6, 6.07) is 12.0. The highest BCUT2D eigenvalue weighted by molar-refractivity contribution is 9.10. The van der Waals surface area contributed by atoms with Gasteiger partial charge in [-0.05, 0) is 42.5 Å². The van der Waals surface area contributed by atoms with E-state index in [4.69, 9.17) is 0 Å². The Kier molecular flexibility index (Phi) is 5.38. The molecule has 0 aliphatic carbocycles. The predicted molar refractivity (Wildman–Crippen MR) is 106 cm³/mol. The summed E-state index contributed by atoms with van der Waals surface area (Å²) in [5, 5.41) is 6.74. The van der Waals surface area contributed by atoms with Gasteiger partial charge in [-0.15, -0.1) is 0 Å². The molecule has 3 N–H and O–H groups in total. The number of hydrazine groups is 1. The first-order valence-corrected chi connectivity index (χ1v) is 8.88. The summed E-state index contributed by atoms with van der Waals surface area (Å²) >= 11 is 3.36. The summed E-state index contributed by atoms with van der Waals surface area (Å²) in [4.78, 5) is 36.3. The summed E-state index contributed by atoms with van der Waals surface area (Å²) in [6.07, 6.45) is 1.55. The zero-order valence-corrected chi connectivity index (χ0v) is 16.3. The van der Waals surface area contributed by atoms with E-state index < -0.39 is 11.8 Å². The number of halogens is 1. The smallest absolute Gasteiger partial charge is 0.267 e. The number of amides is 3. The molecule has 2 aromatic rings. The molecule has 138 valence electrons. The minimum absolute atomic E-state index is 0.161. The maximum Gasteiger partial charge on any atom is 0.267 e. The maximum atomic E-state index is 12.2. The number of anilines is 1. The molecule has 2 aromatic carbocycles. The van der Waals surface area contributed by atoms with Crippen molar-refractivity contribution in [3.63, 3.8) is 0 Å². The number of imide groups is 1. The molecule has 27 heavy (non-hydrogen) atoms. The fourth-order valence-electron chi connectivity index (χ4n) is 2.60. The SMILES string of the molecule is CNN(C)C(=O)c1ccc(N/C=C2\C(=O)NC(=O)c3ccc(Br)cc32)cc1. The van der Waals surface area contributed by atoms with E-state index in [9.17, 15) is 14.4 Å². The summed E-state index contributed by atoms with van der Waals surface area (Å²) in [5.74, 6) is -1.05. The van der Waals surface area contributed by atoms with Crippen molar-refractivity contribution in [2.75, 3.05) is 19.4 Å². The summed E-state index contributed by atoms with van der Waals surface area (Å²) < 4.78 is 0.770. The Morgan fingerprint density at radius 3 is 2.44 bits per heavy atom. The number of fused-ring (bicyclic) bond motifs is 1. The molecule has 0 atom stereocenters. The fourth-order valence-corrected chi connectivity index (χ4v) is 2.96. The average Bonchev–Trinajstić information content (AvgIpc) is 2.66. The highest BCUT2D eigenvalue weighted by atomic mass is 79.9. The molecule has 0 aromatic heterocycles. The highest BCUT2D eigenvalue weighted by Crippen LogP contribution is 2.27. The van der Waals surface area contributed by atoms with E-state index in [2.05, 4.69) is 32.0 Å². The van der Waals surface area contributed by atoms with Crippen molar-refractivity contribution >= 4 is 44.9 Å². The lowest BCUT2D eigenvalue weighted by atomic mass is 9.95. The van der Waals surface area contributed by atoms with Crippen molar-refractivity contribution < 1.29 is 14.4 Å². The fraction of sp³-hybridized carbons (Fsp3) is 0.105. The number of nitrogens with one attached hydrogen (secondary N) is 3. The van der Waals surface area contributed by atoms with Crippen LogP contribution in [0.5, 0.6) is 0 Å². The Morgan fingerprint density at radius 1 is 1.07 bits per heavy atom. The molecule has 3 amide bonds. The molecule has 0 unspecified atom stereocenters. The predicted octanol–water partition coefficient (Wildman–Crippen LogP) is 2.38. The van der Waals surface area contributed by atoms with Crippen LogP contribution in [0.3, 0.4) is 0 Å². The molecule has 0 fully saturated rings. The van der Waals surface area contributed by atoms with Gasteiger partial charge in [-0.3, -0.25) is 24.7 Å². The van der Waals surface area contributed by atoms with E-state index in [1.807, 2.05) is 0 Å². The van der Waals surface area contributed by atoms with Crippen LogP contribution in [0.2, 0.25) is 0 Å². The Morgan fingerprint density at radius 2 is 1.78 bits per heavy atom. The molecule has 1 aliphatic heterocycles. The second-order valence-corrected chi connectivity index (χ2v) is 6.76. The molecule has 0 bridgehead atoms. The van der Waals surface area contributed by atoms with Crippen molar-refractivity contribution in [1.29, 1.82) is 0 Å². The summed E-state index contributed by atoms with van der Waals surface area (Å²) in [6.45, 7) is 0. The van der Waals surface area contributed by atoms with Gasteiger partial charge in [0.1, 0.15) is 0 Å². The van der Waals surface area contributed by atoms with Crippen molar-refractivity contribution in [1.82, 2.24) is 15.8 Å². The van der Waals surface area contributed by atoms with Crippen molar-refractivity contribution in [3.05, 3.63) is 69.8 Å².